The number of amides is 1. The molecule has 2 heterocycles. The van der Waals surface area contributed by atoms with Crippen LogP contribution in [0.15, 0.2) is 0 Å². The Morgan fingerprint density at radius 3 is 2.20 bits per heavy atom. The minimum absolute atomic E-state index is 0.0729. The van der Waals surface area contributed by atoms with Crippen LogP contribution in [-0.4, -0.2) is 59.4 Å². The smallest absolute Gasteiger partial charge is 0.225 e. The van der Waals surface area contributed by atoms with Crippen molar-refractivity contribution in [1.29, 1.82) is 0 Å². The molecule has 2 aliphatic heterocycles. The van der Waals surface area contributed by atoms with Gasteiger partial charge in [-0.2, -0.15) is 0 Å². The normalized spacial score (nSPS) is 33.3. The lowest BCUT2D eigenvalue weighted by atomic mass is 9.97. The number of aliphatic hydroxyl groups is 2. The van der Waals surface area contributed by atoms with Gasteiger partial charge in [0, 0.05) is 19.0 Å². The largest absolute Gasteiger partial charge is 0.388 e. The maximum Gasteiger partial charge on any atom is 0.225 e. The van der Waals surface area contributed by atoms with E-state index in [1.165, 1.54) is 0 Å². The number of likely N-dealkylation sites (tertiary alicyclic amines) is 1. The third-order valence-electron chi connectivity index (χ3n) is 3.26. The van der Waals surface area contributed by atoms with E-state index in [1.54, 1.807) is 4.90 Å². The fourth-order valence-electron chi connectivity index (χ4n) is 2.28. The maximum atomic E-state index is 12.0. The van der Waals surface area contributed by atoms with Crippen molar-refractivity contribution in [2.24, 2.45) is 5.92 Å². The number of carbonyl (C=O) groups excluding carboxylic acids is 1. The number of rotatable bonds is 1. The third kappa shape index (κ3) is 2.30. The summed E-state index contributed by atoms with van der Waals surface area (Å²) in [6, 6.07) is 0. The van der Waals surface area contributed by atoms with E-state index >= 15 is 0 Å². The molecule has 2 rings (SSSR count). The van der Waals surface area contributed by atoms with E-state index in [-0.39, 0.29) is 24.9 Å². The zero-order chi connectivity index (χ0) is 10.8. The number of carbonyl (C=O) groups is 1. The molecule has 0 aromatic rings. The first-order valence-electron chi connectivity index (χ1n) is 5.54. The van der Waals surface area contributed by atoms with Crippen LogP contribution < -0.4 is 5.32 Å². The molecule has 0 unspecified atom stereocenters. The van der Waals surface area contributed by atoms with E-state index in [4.69, 9.17) is 0 Å². The summed E-state index contributed by atoms with van der Waals surface area (Å²) in [7, 11) is 0. The zero-order valence-electron chi connectivity index (χ0n) is 8.72. The van der Waals surface area contributed by atoms with Crippen LogP contribution in [0.3, 0.4) is 0 Å². The van der Waals surface area contributed by atoms with Crippen molar-refractivity contribution in [3.63, 3.8) is 0 Å². The molecule has 15 heavy (non-hydrogen) atoms. The van der Waals surface area contributed by atoms with Crippen LogP contribution in [0.5, 0.6) is 0 Å². The molecule has 1 amide bonds. The van der Waals surface area contributed by atoms with Gasteiger partial charge in [0.2, 0.25) is 5.91 Å². The van der Waals surface area contributed by atoms with E-state index in [0.717, 1.165) is 25.9 Å². The van der Waals surface area contributed by atoms with Gasteiger partial charge in [0.05, 0.1) is 12.2 Å². The molecule has 3 N–H and O–H groups in total. The predicted octanol–water partition coefficient (Wildman–Crippen LogP) is -1.45. The average Bonchev–Trinajstić information content (AvgIpc) is 2.59. The Morgan fingerprint density at radius 2 is 1.67 bits per heavy atom. The lowest BCUT2D eigenvalue weighted by molar-refractivity contribution is -0.135. The van der Waals surface area contributed by atoms with E-state index < -0.39 is 12.2 Å². The lowest BCUT2D eigenvalue weighted by Gasteiger charge is -2.26. The summed E-state index contributed by atoms with van der Waals surface area (Å²) < 4.78 is 0. The fraction of sp³-hybridized carbons (Fsp3) is 0.900. The molecule has 2 aliphatic rings. The van der Waals surface area contributed by atoms with E-state index in [2.05, 4.69) is 5.32 Å². The van der Waals surface area contributed by atoms with Gasteiger partial charge in [0.1, 0.15) is 0 Å². The molecule has 86 valence electrons. The highest BCUT2D eigenvalue weighted by molar-refractivity contribution is 5.79. The van der Waals surface area contributed by atoms with Gasteiger partial charge in [-0.1, -0.05) is 0 Å². The lowest BCUT2D eigenvalue weighted by Crippen LogP contribution is -2.40. The SMILES string of the molecule is O=C(C1CCNCC1)N1C[C@@H](O)[C@@H](O)C1. The van der Waals surface area contributed by atoms with Crippen molar-refractivity contribution >= 4 is 5.91 Å². The zero-order valence-corrected chi connectivity index (χ0v) is 8.72. The number of nitrogens with one attached hydrogen (secondary N) is 1. The maximum absolute atomic E-state index is 12.0. The highest BCUT2D eigenvalue weighted by Gasteiger charge is 2.35. The Hall–Kier alpha value is -0.650. The molecule has 2 atom stereocenters. The highest BCUT2D eigenvalue weighted by Crippen LogP contribution is 2.19. The summed E-state index contributed by atoms with van der Waals surface area (Å²) in [4.78, 5) is 13.6. The summed E-state index contributed by atoms with van der Waals surface area (Å²) in [5.74, 6) is 0.163. The minimum Gasteiger partial charge on any atom is -0.388 e. The van der Waals surface area contributed by atoms with Crippen LogP contribution in [0.2, 0.25) is 0 Å². The Balaban J connectivity index is 1.90. The molecule has 5 nitrogen and oxygen atoms in total. The molecule has 0 spiro atoms. The molecule has 0 bridgehead atoms. The van der Waals surface area contributed by atoms with Crippen molar-refractivity contribution in [1.82, 2.24) is 10.2 Å². The summed E-state index contributed by atoms with van der Waals surface area (Å²) in [6.45, 7) is 2.33. The van der Waals surface area contributed by atoms with Crippen molar-refractivity contribution in [2.75, 3.05) is 26.2 Å². The number of nitrogens with zero attached hydrogens (tertiary/aromatic N) is 1. The minimum atomic E-state index is -0.768. The first-order chi connectivity index (χ1) is 7.18. The molecular weight excluding hydrogens is 196 g/mol. The number of β-amino-alcohol motifs (C(OH)–C–C–N with tert-alkyl or cyclic N) is 2. The van der Waals surface area contributed by atoms with E-state index in [9.17, 15) is 15.0 Å². The van der Waals surface area contributed by atoms with Gasteiger partial charge in [-0.3, -0.25) is 4.79 Å². The number of aliphatic hydroxyl groups excluding tert-OH is 2. The van der Waals surface area contributed by atoms with Crippen molar-refractivity contribution in [2.45, 2.75) is 25.0 Å². The second-order valence-corrected chi connectivity index (χ2v) is 4.40. The Morgan fingerprint density at radius 1 is 1.13 bits per heavy atom. The molecular formula is C10H18N2O3. The standard InChI is InChI=1S/C10H18N2O3/c13-8-5-12(6-9(8)14)10(15)7-1-3-11-4-2-7/h7-9,11,13-14H,1-6H2/t8-,9+. The van der Waals surface area contributed by atoms with Crippen LogP contribution in [0.4, 0.5) is 0 Å². The second-order valence-electron chi connectivity index (χ2n) is 4.40. The quantitative estimate of drug-likeness (QED) is 0.499. The Labute approximate surface area is 89.1 Å². The van der Waals surface area contributed by atoms with Crippen LogP contribution >= 0.6 is 0 Å². The van der Waals surface area contributed by atoms with Crippen LogP contribution in [0.25, 0.3) is 0 Å². The Kier molecular flexibility index (Phi) is 3.23. The van der Waals surface area contributed by atoms with Crippen molar-refractivity contribution < 1.29 is 15.0 Å². The van der Waals surface area contributed by atoms with E-state index in [0.29, 0.717) is 0 Å². The second kappa shape index (κ2) is 4.47. The summed E-state index contributed by atoms with van der Waals surface area (Å²) >= 11 is 0. The molecule has 2 fully saturated rings. The third-order valence-corrected chi connectivity index (χ3v) is 3.26. The van der Waals surface area contributed by atoms with Crippen molar-refractivity contribution in [3.8, 4) is 0 Å². The first-order valence-corrected chi connectivity index (χ1v) is 5.54. The predicted molar refractivity (Wildman–Crippen MR) is 54.2 cm³/mol. The summed E-state index contributed by atoms with van der Waals surface area (Å²) in [5.41, 5.74) is 0. The molecule has 0 aromatic carbocycles. The summed E-state index contributed by atoms with van der Waals surface area (Å²) in [6.07, 6.45) is 0.189. The monoisotopic (exact) mass is 214 g/mol. The van der Waals surface area contributed by atoms with Crippen LogP contribution in [0, 0.1) is 5.92 Å². The number of piperidine rings is 1. The van der Waals surface area contributed by atoms with Crippen LogP contribution in [0.1, 0.15) is 12.8 Å². The van der Waals surface area contributed by atoms with Crippen LogP contribution in [-0.2, 0) is 4.79 Å². The van der Waals surface area contributed by atoms with E-state index in [1.807, 2.05) is 0 Å². The summed E-state index contributed by atoms with van der Waals surface area (Å²) in [5, 5.41) is 21.9. The highest BCUT2D eigenvalue weighted by atomic mass is 16.3. The van der Waals surface area contributed by atoms with Gasteiger partial charge >= 0.3 is 0 Å². The van der Waals surface area contributed by atoms with Crippen molar-refractivity contribution in [3.05, 3.63) is 0 Å². The first kappa shape index (κ1) is 10.9. The van der Waals surface area contributed by atoms with Gasteiger partial charge in [-0.15, -0.1) is 0 Å². The topological polar surface area (TPSA) is 72.8 Å². The molecule has 0 saturated carbocycles. The Bertz CT molecular complexity index is 231. The van der Waals surface area contributed by atoms with Gasteiger partial charge < -0.3 is 20.4 Å². The van der Waals surface area contributed by atoms with Gasteiger partial charge in [-0.05, 0) is 25.9 Å². The molecule has 2 saturated heterocycles. The fourth-order valence-corrected chi connectivity index (χ4v) is 2.28. The number of hydrogen-bond acceptors (Lipinski definition) is 4. The van der Waals surface area contributed by atoms with Gasteiger partial charge in [-0.25, -0.2) is 0 Å². The van der Waals surface area contributed by atoms with Gasteiger partial charge in [0.15, 0.2) is 0 Å². The molecule has 0 aliphatic carbocycles. The molecule has 0 radical (unpaired) electrons. The van der Waals surface area contributed by atoms with Gasteiger partial charge in [0.25, 0.3) is 0 Å². The number of hydrogen-bond donors (Lipinski definition) is 3. The molecule has 5 heteroatoms. The molecule has 0 aromatic heterocycles. The average molecular weight is 214 g/mol.